The van der Waals surface area contributed by atoms with Gasteiger partial charge in [0.1, 0.15) is 0 Å². The zero-order valence-electron chi connectivity index (χ0n) is 14.0. The standard InChI is InChI=1S/C17H21N3O2S2/c1-17(2,3)13-8-15(22)20-11(10-24-16(20)19-13)7-14(21)18-9-12-5-4-6-23-12/h4-6,8,11H,7,9-10H2,1-3H3,(H,18,21). The molecule has 0 fully saturated rings. The summed E-state index contributed by atoms with van der Waals surface area (Å²) in [6.07, 6.45) is 0.307. The highest BCUT2D eigenvalue weighted by Gasteiger charge is 2.29. The Hall–Kier alpha value is -1.60. The number of thioether (sulfide) groups is 1. The van der Waals surface area contributed by atoms with Crippen molar-refractivity contribution in [2.45, 2.75) is 50.4 Å². The maximum Gasteiger partial charge on any atom is 0.254 e. The number of nitrogens with zero attached hydrogens (tertiary/aromatic N) is 2. The monoisotopic (exact) mass is 363 g/mol. The number of nitrogens with one attached hydrogen (secondary N) is 1. The fraction of sp³-hybridized carbons (Fsp3) is 0.471. The van der Waals surface area contributed by atoms with Crippen molar-refractivity contribution in [1.82, 2.24) is 14.9 Å². The molecule has 5 nitrogen and oxygen atoms in total. The van der Waals surface area contributed by atoms with Gasteiger partial charge in [0.2, 0.25) is 5.91 Å². The van der Waals surface area contributed by atoms with E-state index in [9.17, 15) is 9.59 Å². The number of hydrogen-bond donors (Lipinski definition) is 1. The fourth-order valence-electron chi connectivity index (χ4n) is 2.57. The van der Waals surface area contributed by atoms with Gasteiger partial charge >= 0.3 is 0 Å². The minimum atomic E-state index is -0.161. The summed E-state index contributed by atoms with van der Waals surface area (Å²) in [4.78, 5) is 30.4. The molecule has 2 aromatic rings. The topological polar surface area (TPSA) is 64.0 Å². The predicted molar refractivity (Wildman–Crippen MR) is 97.7 cm³/mol. The summed E-state index contributed by atoms with van der Waals surface area (Å²) in [5.74, 6) is 0.677. The van der Waals surface area contributed by atoms with Crippen LogP contribution in [0.1, 0.15) is 43.8 Å². The van der Waals surface area contributed by atoms with Crippen molar-refractivity contribution in [3.05, 3.63) is 44.5 Å². The highest BCUT2D eigenvalue weighted by atomic mass is 32.2. The van der Waals surface area contributed by atoms with Crippen molar-refractivity contribution in [2.75, 3.05) is 5.75 Å². The van der Waals surface area contributed by atoms with E-state index in [0.29, 0.717) is 18.7 Å². The molecule has 1 aliphatic heterocycles. The number of thiophene rings is 1. The van der Waals surface area contributed by atoms with Crippen LogP contribution in [0.25, 0.3) is 0 Å². The summed E-state index contributed by atoms with van der Waals surface area (Å²) in [5, 5.41) is 5.64. The molecule has 1 N–H and O–H groups in total. The third kappa shape index (κ3) is 3.72. The first-order valence-electron chi connectivity index (χ1n) is 7.90. The molecule has 0 aliphatic carbocycles. The lowest BCUT2D eigenvalue weighted by atomic mass is 9.92. The molecule has 1 aliphatic rings. The van der Waals surface area contributed by atoms with E-state index in [1.807, 2.05) is 38.3 Å². The third-order valence-corrected chi connectivity index (χ3v) is 5.89. The first-order chi connectivity index (χ1) is 11.3. The molecule has 1 amide bonds. The summed E-state index contributed by atoms with van der Waals surface area (Å²) in [6.45, 7) is 6.67. The van der Waals surface area contributed by atoms with E-state index >= 15 is 0 Å². The van der Waals surface area contributed by atoms with Gasteiger partial charge in [0.05, 0.1) is 18.3 Å². The highest BCUT2D eigenvalue weighted by Crippen LogP contribution is 2.33. The Bertz CT molecular complexity index is 791. The molecule has 2 aromatic heterocycles. The van der Waals surface area contributed by atoms with Gasteiger partial charge < -0.3 is 5.32 Å². The zero-order chi connectivity index (χ0) is 17.3. The minimum Gasteiger partial charge on any atom is -0.351 e. The second-order valence-corrected chi connectivity index (χ2v) is 8.93. The van der Waals surface area contributed by atoms with Crippen LogP contribution in [0, 0.1) is 0 Å². The van der Waals surface area contributed by atoms with Crippen LogP contribution < -0.4 is 10.9 Å². The molecule has 0 spiro atoms. The molecule has 3 heterocycles. The fourth-order valence-corrected chi connectivity index (χ4v) is 4.37. The van der Waals surface area contributed by atoms with Crippen LogP contribution in [0.2, 0.25) is 0 Å². The Morgan fingerprint density at radius 3 is 2.92 bits per heavy atom. The smallest absolute Gasteiger partial charge is 0.254 e. The third-order valence-electron chi connectivity index (χ3n) is 3.92. The first-order valence-corrected chi connectivity index (χ1v) is 9.77. The SMILES string of the molecule is CC(C)(C)c1cc(=O)n2c(n1)SCC2CC(=O)NCc1cccs1. The Labute approximate surface area is 149 Å². The number of carbonyl (C=O) groups is 1. The van der Waals surface area contributed by atoms with Gasteiger partial charge in [-0.2, -0.15) is 0 Å². The Morgan fingerprint density at radius 1 is 1.46 bits per heavy atom. The molecule has 128 valence electrons. The number of aromatic nitrogens is 2. The van der Waals surface area contributed by atoms with Crippen LogP contribution in [0.5, 0.6) is 0 Å². The first kappa shape index (κ1) is 17.2. The zero-order valence-corrected chi connectivity index (χ0v) is 15.7. The van der Waals surface area contributed by atoms with E-state index in [2.05, 4.69) is 10.3 Å². The molecule has 1 unspecified atom stereocenters. The number of fused-ring (bicyclic) bond motifs is 1. The Balaban J connectivity index is 1.70. The normalized spacial score (nSPS) is 16.9. The number of hydrogen-bond acceptors (Lipinski definition) is 5. The van der Waals surface area contributed by atoms with E-state index in [1.54, 1.807) is 33.7 Å². The van der Waals surface area contributed by atoms with Crippen LogP contribution in [-0.4, -0.2) is 21.2 Å². The van der Waals surface area contributed by atoms with Crippen LogP contribution in [-0.2, 0) is 16.8 Å². The van der Waals surface area contributed by atoms with Crippen molar-refractivity contribution in [2.24, 2.45) is 0 Å². The van der Waals surface area contributed by atoms with E-state index in [0.717, 1.165) is 15.7 Å². The van der Waals surface area contributed by atoms with E-state index in [-0.39, 0.29) is 22.9 Å². The average Bonchev–Trinajstić information content (AvgIpc) is 3.14. The average molecular weight is 364 g/mol. The molecule has 0 aromatic carbocycles. The number of rotatable bonds is 4. The molecular weight excluding hydrogens is 342 g/mol. The van der Waals surface area contributed by atoms with Crippen molar-refractivity contribution in [3.8, 4) is 0 Å². The number of carbonyl (C=O) groups excluding carboxylic acids is 1. The maximum atomic E-state index is 12.5. The molecule has 0 radical (unpaired) electrons. The van der Waals surface area contributed by atoms with E-state index < -0.39 is 0 Å². The van der Waals surface area contributed by atoms with Gasteiger partial charge in [0.15, 0.2) is 5.16 Å². The van der Waals surface area contributed by atoms with Gasteiger partial charge in [0, 0.05) is 28.5 Å². The predicted octanol–water partition coefficient (Wildman–Crippen LogP) is 2.96. The van der Waals surface area contributed by atoms with Gasteiger partial charge in [-0.15, -0.1) is 11.3 Å². The lowest BCUT2D eigenvalue weighted by Gasteiger charge is -2.19. The quantitative estimate of drug-likeness (QED) is 0.848. The molecular formula is C17H21N3O2S2. The molecule has 7 heteroatoms. The molecule has 0 bridgehead atoms. The summed E-state index contributed by atoms with van der Waals surface area (Å²) < 4.78 is 1.67. The summed E-state index contributed by atoms with van der Waals surface area (Å²) >= 11 is 3.17. The minimum absolute atomic E-state index is 0.0337. The lowest BCUT2D eigenvalue weighted by Crippen LogP contribution is -2.31. The largest absolute Gasteiger partial charge is 0.351 e. The summed E-state index contributed by atoms with van der Waals surface area (Å²) in [5.41, 5.74) is 0.575. The van der Waals surface area contributed by atoms with Gasteiger partial charge in [-0.25, -0.2) is 4.98 Å². The second-order valence-electron chi connectivity index (χ2n) is 6.91. The maximum absolute atomic E-state index is 12.5. The molecule has 24 heavy (non-hydrogen) atoms. The van der Waals surface area contributed by atoms with Crippen LogP contribution in [0.4, 0.5) is 0 Å². The van der Waals surface area contributed by atoms with Crippen molar-refractivity contribution in [1.29, 1.82) is 0 Å². The summed E-state index contributed by atoms with van der Waals surface area (Å²) in [7, 11) is 0. The molecule has 3 rings (SSSR count). The van der Waals surface area contributed by atoms with Crippen LogP contribution in [0.15, 0.2) is 33.5 Å². The Kier molecular flexibility index (Phi) is 4.83. The Morgan fingerprint density at radius 2 is 2.25 bits per heavy atom. The van der Waals surface area contributed by atoms with E-state index in [1.165, 1.54) is 0 Å². The summed E-state index contributed by atoms with van der Waals surface area (Å²) in [6, 6.07) is 5.44. The molecule has 0 saturated carbocycles. The highest BCUT2D eigenvalue weighted by molar-refractivity contribution is 7.99. The molecule has 1 atom stereocenters. The van der Waals surface area contributed by atoms with Gasteiger partial charge in [-0.05, 0) is 11.4 Å². The van der Waals surface area contributed by atoms with Gasteiger partial charge in [-0.1, -0.05) is 38.6 Å². The van der Waals surface area contributed by atoms with Crippen LogP contribution in [0.3, 0.4) is 0 Å². The molecule has 0 saturated heterocycles. The lowest BCUT2D eigenvalue weighted by molar-refractivity contribution is -0.121. The van der Waals surface area contributed by atoms with Crippen molar-refractivity contribution >= 4 is 29.0 Å². The second kappa shape index (κ2) is 6.72. The van der Waals surface area contributed by atoms with Gasteiger partial charge in [0.25, 0.3) is 5.56 Å². The number of amides is 1. The van der Waals surface area contributed by atoms with Gasteiger partial charge in [-0.3, -0.25) is 14.2 Å². The van der Waals surface area contributed by atoms with E-state index in [4.69, 9.17) is 0 Å². The van der Waals surface area contributed by atoms with Crippen molar-refractivity contribution in [3.63, 3.8) is 0 Å². The van der Waals surface area contributed by atoms with Crippen molar-refractivity contribution < 1.29 is 4.79 Å². The van der Waals surface area contributed by atoms with Crippen LogP contribution >= 0.6 is 23.1 Å².